The van der Waals surface area contributed by atoms with Gasteiger partial charge >= 0.3 is 6.18 Å². The molecule has 1 aromatic heterocycles. The Hall–Kier alpha value is -3.07. The normalized spacial score (nSPS) is 11.3. The van der Waals surface area contributed by atoms with Gasteiger partial charge in [0, 0.05) is 18.0 Å². The second kappa shape index (κ2) is 9.82. The van der Waals surface area contributed by atoms with Crippen LogP contribution in [0.25, 0.3) is 10.6 Å². The van der Waals surface area contributed by atoms with Gasteiger partial charge in [0.2, 0.25) is 5.91 Å². The molecule has 0 radical (unpaired) electrons. The van der Waals surface area contributed by atoms with Crippen LogP contribution in [0, 0.1) is 0 Å². The summed E-state index contributed by atoms with van der Waals surface area (Å²) in [6, 6.07) is 12.0. The molecule has 0 aliphatic carbocycles. The van der Waals surface area contributed by atoms with Crippen LogP contribution in [0.5, 0.6) is 11.5 Å². The third-order valence-electron chi connectivity index (χ3n) is 4.52. The molecule has 0 fully saturated rings. The predicted octanol–water partition coefficient (Wildman–Crippen LogP) is 4.92. The fourth-order valence-corrected chi connectivity index (χ4v) is 3.54. The number of ether oxygens (including phenoxy) is 2. The molecule has 3 rings (SSSR count). The molecule has 0 spiro atoms. The van der Waals surface area contributed by atoms with Gasteiger partial charge in [-0.2, -0.15) is 13.2 Å². The number of likely N-dealkylation sites (N-methyl/N-ethyl adjacent to an activating group) is 1. The van der Waals surface area contributed by atoms with Gasteiger partial charge < -0.3 is 14.4 Å². The average molecular weight is 450 g/mol. The Morgan fingerprint density at radius 1 is 1.06 bits per heavy atom. The maximum Gasteiger partial charge on any atom is 0.416 e. The van der Waals surface area contributed by atoms with E-state index in [1.807, 2.05) is 0 Å². The molecule has 1 amide bonds. The van der Waals surface area contributed by atoms with Crippen molar-refractivity contribution in [1.29, 1.82) is 0 Å². The van der Waals surface area contributed by atoms with Gasteiger partial charge in [0.15, 0.2) is 0 Å². The Labute approximate surface area is 182 Å². The van der Waals surface area contributed by atoms with Crippen LogP contribution in [0.15, 0.2) is 53.9 Å². The summed E-state index contributed by atoms with van der Waals surface area (Å²) in [7, 11) is 3.27. The summed E-state index contributed by atoms with van der Waals surface area (Å²) in [6.07, 6.45) is -4.27. The second-order valence-corrected chi connectivity index (χ2v) is 7.59. The van der Waals surface area contributed by atoms with Crippen LogP contribution < -0.4 is 9.47 Å². The molecule has 164 valence electrons. The van der Waals surface area contributed by atoms with Gasteiger partial charge in [0.25, 0.3) is 0 Å². The Bertz CT molecular complexity index is 1000. The van der Waals surface area contributed by atoms with Crippen LogP contribution in [-0.4, -0.2) is 43.1 Å². The third kappa shape index (κ3) is 6.21. The first kappa shape index (κ1) is 22.6. The summed E-state index contributed by atoms with van der Waals surface area (Å²) in [5, 5.41) is 2.31. The molecule has 0 bridgehead atoms. The van der Waals surface area contributed by atoms with Crippen molar-refractivity contribution < 1.29 is 27.4 Å². The number of thiazole rings is 1. The van der Waals surface area contributed by atoms with Gasteiger partial charge in [0.1, 0.15) is 23.1 Å². The number of benzene rings is 2. The number of hydrogen-bond acceptors (Lipinski definition) is 5. The minimum atomic E-state index is -4.37. The van der Waals surface area contributed by atoms with Crippen LogP contribution >= 0.6 is 11.3 Å². The van der Waals surface area contributed by atoms with Crippen molar-refractivity contribution in [3.63, 3.8) is 0 Å². The van der Waals surface area contributed by atoms with E-state index < -0.39 is 11.7 Å². The molecule has 5 nitrogen and oxygen atoms in total. The van der Waals surface area contributed by atoms with Gasteiger partial charge in [-0.3, -0.25) is 4.79 Å². The fourth-order valence-electron chi connectivity index (χ4n) is 2.71. The van der Waals surface area contributed by atoms with Crippen molar-refractivity contribution in [3.05, 3.63) is 65.2 Å². The van der Waals surface area contributed by atoms with Crippen molar-refractivity contribution >= 4 is 17.2 Å². The van der Waals surface area contributed by atoms with Crippen molar-refractivity contribution in [2.45, 2.75) is 12.6 Å². The molecule has 2 aromatic carbocycles. The molecule has 0 aliphatic heterocycles. The Morgan fingerprint density at radius 3 is 2.32 bits per heavy atom. The molecule has 9 heteroatoms. The number of carbonyl (C=O) groups excluding carboxylic acids is 1. The number of rotatable bonds is 8. The minimum absolute atomic E-state index is 0.107. The van der Waals surface area contributed by atoms with Gasteiger partial charge in [-0.05, 0) is 36.4 Å². The largest absolute Gasteiger partial charge is 0.497 e. The first-order valence-electron chi connectivity index (χ1n) is 9.39. The van der Waals surface area contributed by atoms with Crippen molar-refractivity contribution in [2.24, 2.45) is 0 Å². The molecule has 31 heavy (non-hydrogen) atoms. The van der Waals surface area contributed by atoms with Crippen molar-refractivity contribution in [1.82, 2.24) is 9.88 Å². The smallest absolute Gasteiger partial charge is 0.416 e. The zero-order valence-electron chi connectivity index (χ0n) is 17.0. The van der Waals surface area contributed by atoms with Crippen LogP contribution in [0.3, 0.4) is 0 Å². The molecule has 1 heterocycles. The zero-order chi connectivity index (χ0) is 22.4. The topological polar surface area (TPSA) is 51.7 Å². The Balaban J connectivity index is 1.50. The number of hydrogen-bond donors (Lipinski definition) is 0. The number of halogens is 3. The highest BCUT2D eigenvalue weighted by Crippen LogP contribution is 2.31. The zero-order valence-corrected chi connectivity index (χ0v) is 17.8. The lowest BCUT2D eigenvalue weighted by Gasteiger charge is -2.17. The first-order chi connectivity index (χ1) is 14.8. The number of amides is 1. The van der Waals surface area contributed by atoms with E-state index >= 15 is 0 Å². The third-order valence-corrected chi connectivity index (χ3v) is 5.46. The standard InChI is InChI=1S/C22H21F3N2O3S/c1-27(11-12-30-19-9-7-18(29-2)8-10-19)20(28)13-17-14-31-21(26-17)15-3-5-16(6-4-15)22(23,24)25/h3-10,14H,11-13H2,1-2H3. The minimum Gasteiger partial charge on any atom is -0.497 e. The number of carbonyl (C=O) groups is 1. The van der Waals surface area contributed by atoms with Crippen molar-refractivity contribution in [2.75, 3.05) is 27.3 Å². The first-order valence-corrected chi connectivity index (χ1v) is 10.3. The van der Waals surface area contributed by atoms with Crippen molar-refractivity contribution in [3.8, 4) is 22.1 Å². The monoisotopic (exact) mass is 450 g/mol. The maximum absolute atomic E-state index is 12.7. The number of alkyl halides is 3. The summed E-state index contributed by atoms with van der Waals surface area (Å²) in [4.78, 5) is 18.4. The average Bonchev–Trinajstić information content (AvgIpc) is 3.22. The molecule has 0 saturated heterocycles. The highest BCUT2D eigenvalue weighted by Gasteiger charge is 2.30. The highest BCUT2D eigenvalue weighted by molar-refractivity contribution is 7.13. The molecule has 0 unspecified atom stereocenters. The molecule has 0 atom stereocenters. The Morgan fingerprint density at radius 2 is 1.71 bits per heavy atom. The summed E-state index contributed by atoms with van der Waals surface area (Å²) in [5.41, 5.74) is 0.451. The van der Waals surface area contributed by atoms with Gasteiger partial charge in [-0.1, -0.05) is 12.1 Å². The van der Waals surface area contributed by atoms with Gasteiger partial charge in [-0.15, -0.1) is 11.3 Å². The fraction of sp³-hybridized carbons (Fsp3) is 0.273. The van der Waals surface area contributed by atoms with E-state index in [0.29, 0.717) is 35.2 Å². The molecular weight excluding hydrogens is 429 g/mol. The Kier molecular flexibility index (Phi) is 7.17. The summed E-state index contributed by atoms with van der Waals surface area (Å²) < 4.78 is 48.8. The van der Waals surface area contributed by atoms with Crippen LogP contribution in [0.4, 0.5) is 13.2 Å². The number of methoxy groups -OCH3 is 1. The molecule has 0 aliphatic rings. The molecule has 0 saturated carbocycles. The molecule has 0 N–H and O–H groups in total. The molecular formula is C22H21F3N2O3S. The van der Waals surface area contributed by atoms with E-state index in [-0.39, 0.29) is 12.3 Å². The summed E-state index contributed by atoms with van der Waals surface area (Å²) in [5.74, 6) is 1.29. The van der Waals surface area contributed by atoms with E-state index in [0.717, 1.165) is 17.9 Å². The van der Waals surface area contributed by atoms with Crippen LogP contribution in [-0.2, 0) is 17.4 Å². The lowest BCUT2D eigenvalue weighted by molar-refractivity contribution is -0.137. The van der Waals surface area contributed by atoms with Crippen LogP contribution in [0.1, 0.15) is 11.3 Å². The second-order valence-electron chi connectivity index (χ2n) is 6.74. The summed E-state index contributed by atoms with van der Waals surface area (Å²) in [6.45, 7) is 0.739. The van der Waals surface area contributed by atoms with E-state index in [2.05, 4.69) is 4.98 Å². The van der Waals surface area contributed by atoms with Gasteiger partial charge in [0.05, 0.1) is 31.3 Å². The highest BCUT2D eigenvalue weighted by atomic mass is 32.1. The SMILES string of the molecule is COc1ccc(OCCN(C)C(=O)Cc2csc(-c3ccc(C(F)(F)F)cc3)n2)cc1. The van der Waals surface area contributed by atoms with E-state index in [9.17, 15) is 18.0 Å². The predicted molar refractivity (Wildman–Crippen MR) is 112 cm³/mol. The lowest BCUT2D eigenvalue weighted by atomic mass is 10.1. The van der Waals surface area contributed by atoms with Gasteiger partial charge in [-0.25, -0.2) is 4.98 Å². The van der Waals surface area contributed by atoms with E-state index in [1.165, 1.54) is 23.5 Å². The maximum atomic E-state index is 12.7. The lowest BCUT2D eigenvalue weighted by Crippen LogP contribution is -2.32. The number of aromatic nitrogens is 1. The number of nitrogens with zero attached hydrogens (tertiary/aromatic N) is 2. The van der Waals surface area contributed by atoms with E-state index in [4.69, 9.17) is 9.47 Å². The molecule has 3 aromatic rings. The summed E-state index contributed by atoms with van der Waals surface area (Å²) >= 11 is 1.29. The van der Waals surface area contributed by atoms with E-state index in [1.54, 1.807) is 48.7 Å². The quantitative estimate of drug-likeness (QED) is 0.489. The van der Waals surface area contributed by atoms with Crippen LogP contribution in [0.2, 0.25) is 0 Å².